The number of carbonyl (C=O) groups is 1. The lowest BCUT2D eigenvalue weighted by molar-refractivity contribution is -0.123. The maximum Gasteiger partial charge on any atom is 0.234 e. The molecule has 1 rings (SSSR count). The number of likely N-dealkylation sites (N-methyl/N-ethyl adjacent to an activating group) is 1. The van der Waals surface area contributed by atoms with Crippen LogP contribution in [0.2, 0.25) is 0 Å². The first-order valence-electron chi connectivity index (χ1n) is 7.50. The van der Waals surface area contributed by atoms with Gasteiger partial charge in [0.2, 0.25) is 5.91 Å². The summed E-state index contributed by atoms with van der Waals surface area (Å²) >= 11 is 0. The van der Waals surface area contributed by atoms with Gasteiger partial charge >= 0.3 is 0 Å². The molecule has 120 valence electrons. The van der Waals surface area contributed by atoms with Crippen molar-refractivity contribution in [3.63, 3.8) is 0 Å². The Balaban J connectivity index is 2.37. The maximum atomic E-state index is 11.9. The number of hydrogen-bond donors (Lipinski definition) is 1. The van der Waals surface area contributed by atoms with Crippen LogP contribution in [-0.4, -0.2) is 42.6 Å². The van der Waals surface area contributed by atoms with E-state index in [9.17, 15) is 4.79 Å². The molecule has 0 aliphatic carbocycles. The van der Waals surface area contributed by atoms with Crippen LogP contribution in [0.5, 0.6) is 5.75 Å². The van der Waals surface area contributed by atoms with Gasteiger partial charge in [0.1, 0.15) is 12.4 Å². The summed E-state index contributed by atoms with van der Waals surface area (Å²) in [6.45, 7) is 10.3. The molecule has 0 unspecified atom stereocenters. The fraction of sp³-hybridized carbons (Fsp3) is 0.529. The normalized spacial score (nSPS) is 11.1. The SMILES string of the molecule is CCN(CCOc1ccc(C#N)cc1)CC(=O)NC(C)(C)C. The largest absolute Gasteiger partial charge is 0.492 e. The lowest BCUT2D eigenvalue weighted by Crippen LogP contribution is -2.46. The zero-order valence-electron chi connectivity index (χ0n) is 13.8. The summed E-state index contributed by atoms with van der Waals surface area (Å²) in [7, 11) is 0. The number of nitriles is 1. The average Bonchev–Trinajstić information content (AvgIpc) is 2.45. The lowest BCUT2D eigenvalue weighted by Gasteiger charge is -2.24. The van der Waals surface area contributed by atoms with Crippen LogP contribution in [-0.2, 0) is 4.79 Å². The number of benzene rings is 1. The zero-order chi connectivity index (χ0) is 16.6. The Bertz CT molecular complexity index is 512. The molecule has 0 aliphatic heterocycles. The van der Waals surface area contributed by atoms with E-state index in [1.165, 1.54) is 0 Å². The highest BCUT2D eigenvalue weighted by Gasteiger charge is 2.15. The fourth-order valence-electron chi connectivity index (χ4n) is 1.93. The van der Waals surface area contributed by atoms with Gasteiger partial charge in [-0.1, -0.05) is 6.92 Å². The molecule has 0 fully saturated rings. The summed E-state index contributed by atoms with van der Waals surface area (Å²) in [5.41, 5.74) is 0.400. The van der Waals surface area contributed by atoms with Gasteiger partial charge in [-0.2, -0.15) is 5.26 Å². The van der Waals surface area contributed by atoms with Crippen LogP contribution in [0.25, 0.3) is 0 Å². The van der Waals surface area contributed by atoms with Crippen molar-refractivity contribution in [3.05, 3.63) is 29.8 Å². The molecule has 1 N–H and O–H groups in total. The first-order valence-corrected chi connectivity index (χ1v) is 7.50. The van der Waals surface area contributed by atoms with Gasteiger partial charge in [-0.25, -0.2) is 0 Å². The second kappa shape index (κ2) is 8.40. The van der Waals surface area contributed by atoms with Crippen LogP contribution in [0.15, 0.2) is 24.3 Å². The number of hydrogen-bond acceptors (Lipinski definition) is 4. The monoisotopic (exact) mass is 303 g/mol. The van der Waals surface area contributed by atoms with Gasteiger partial charge in [-0.05, 0) is 51.6 Å². The molecule has 0 spiro atoms. The summed E-state index contributed by atoms with van der Waals surface area (Å²) in [5, 5.41) is 11.7. The number of ether oxygens (including phenoxy) is 1. The van der Waals surface area contributed by atoms with Crippen LogP contribution >= 0.6 is 0 Å². The molecule has 0 saturated heterocycles. The number of rotatable bonds is 7. The fourth-order valence-corrected chi connectivity index (χ4v) is 1.93. The highest BCUT2D eigenvalue weighted by Crippen LogP contribution is 2.11. The second-order valence-electron chi connectivity index (χ2n) is 6.15. The Morgan fingerprint density at radius 1 is 1.32 bits per heavy atom. The Morgan fingerprint density at radius 2 is 1.95 bits per heavy atom. The molecule has 5 nitrogen and oxygen atoms in total. The molecule has 0 aliphatic rings. The summed E-state index contributed by atoms with van der Waals surface area (Å²) < 4.78 is 5.64. The van der Waals surface area contributed by atoms with Crippen molar-refractivity contribution in [2.45, 2.75) is 33.2 Å². The van der Waals surface area contributed by atoms with Gasteiger partial charge in [-0.3, -0.25) is 9.69 Å². The number of nitrogens with zero attached hydrogens (tertiary/aromatic N) is 2. The zero-order valence-corrected chi connectivity index (χ0v) is 13.8. The van der Waals surface area contributed by atoms with E-state index in [0.717, 1.165) is 12.3 Å². The smallest absolute Gasteiger partial charge is 0.234 e. The molecule has 22 heavy (non-hydrogen) atoms. The quantitative estimate of drug-likeness (QED) is 0.838. The minimum Gasteiger partial charge on any atom is -0.492 e. The van der Waals surface area contributed by atoms with E-state index in [2.05, 4.69) is 11.4 Å². The van der Waals surface area contributed by atoms with Crippen LogP contribution in [0.1, 0.15) is 33.3 Å². The van der Waals surface area contributed by atoms with E-state index in [1.54, 1.807) is 24.3 Å². The van der Waals surface area contributed by atoms with E-state index in [4.69, 9.17) is 10.00 Å². The van der Waals surface area contributed by atoms with E-state index >= 15 is 0 Å². The van der Waals surface area contributed by atoms with E-state index in [0.29, 0.717) is 25.3 Å². The van der Waals surface area contributed by atoms with Crippen molar-refractivity contribution in [1.82, 2.24) is 10.2 Å². The first-order chi connectivity index (χ1) is 10.3. The average molecular weight is 303 g/mol. The molecular formula is C17H25N3O2. The van der Waals surface area contributed by atoms with Gasteiger partial charge in [0, 0.05) is 12.1 Å². The lowest BCUT2D eigenvalue weighted by atomic mass is 10.1. The maximum absolute atomic E-state index is 11.9. The predicted molar refractivity (Wildman–Crippen MR) is 86.7 cm³/mol. The van der Waals surface area contributed by atoms with Crippen LogP contribution in [0.4, 0.5) is 0 Å². The van der Waals surface area contributed by atoms with E-state index < -0.39 is 0 Å². The van der Waals surface area contributed by atoms with Crippen molar-refractivity contribution in [2.24, 2.45) is 0 Å². The summed E-state index contributed by atoms with van der Waals surface area (Å²) in [6.07, 6.45) is 0. The molecule has 0 radical (unpaired) electrons. The Hall–Kier alpha value is -2.06. The van der Waals surface area contributed by atoms with Gasteiger partial charge in [0.15, 0.2) is 0 Å². The molecule has 1 amide bonds. The molecule has 0 atom stereocenters. The van der Waals surface area contributed by atoms with Gasteiger partial charge in [0.05, 0.1) is 18.2 Å². The van der Waals surface area contributed by atoms with Gasteiger partial charge < -0.3 is 10.1 Å². The molecule has 1 aromatic carbocycles. The van der Waals surface area contributed by atoms with Crippen molar-refractivity contribution >= 4 is 5.91 Å². The van der Waals surface area contributed by atoms with Gasteiger partial charge in [-0.15, -0.1) is 0 Å². The summed E-state index contributed by atoms with van der Waals surface area (Å²) in [4.78, 5) is 13.9. The molecule has 0 bridgehead atoms. The van der Waals surface area contributed by atoms with Crippen molar-refractivity contribution in [3.8, 4) is 11.8 Å². The van der Waals surface area contributed by atoms with Crippen LogP contribution in [0.3, 0.4) is 0 Å². The predicted octanol–water partition coefficient (Wildman–Crippen LogP) is 2.17. The summed E-state index contributed by atoms with van der Waals surface area (Å²) in [6, 6.07) is 9.08. The first kappa shape index (κ1) is 18.0. The van der Waals surface area contributed by atoms with E-state index in [-0.39, 0.29) is 11.4 Å². The van der Waals surface area contributed by atoms with Gasteiger partial charge in [0.25, 0.3) is 0 Å². The number of nitrogens with one attached hydrogen (secondary N) is 1. The Labute approximate surface area is 132 Å². The minimum atomic E-state index is -0.213. The minimum absolute atomic E-state index is 0.0210. The molecule has 5 heteroatoms. The highest BCUT2D eigenvalue weighted by atomic mass is 16.5. The second-order valence-corrected chi connectivity index (χ2v) is 6.15. The van der Waals surface area contributed by atoms with E-state index in [1.807, 2.05) is 32.6 Å². The third-order valence-electron chi connectivity index (χ3n) is 2.99. The molecular weight excluding hydrogens is 278 g/mol. The number of carbonyl (C=O) groups excluding carboxylic acids is 1. The summed E-state index contributed by atoms with van der Waals surface area (Å²) in [5.74, 6) is 0.752. The Morgan fingerprint density at radius 3 is 2.45 bits per heavy atom. The standard InChI is InChI=1S/C17H25N3O2/c1-5-20(13-16(21)19-17(2,3)4)10-11-22-15-8-6-14(12-18)7-9-15/h6-9H,5,10-11,13H2,1-4H3,(H,19,21). The third-order valence-corrected chi connectivity index (χ3v) is 2.99. The molecule has 0 aromatic heterocycles. The van der Waals surface area contributed by atoms with Crippen molar-refractivity contribution in [1.29, 1.82) is 5.26 Å². The van der Waals surface area contributed by atoms with Crippen molar-refractivity contribution < 1.29 is 9.53 Å². The highest BCUT2D eigenvalue weighted by molar-refractivity contribution is 5.78. The third kappa shape index (κ3) is 7.09. The Kier molecular flexibility index (Phi) is 6.87. The molecule has 1 aromatic rings. The topological polar surface area (TPSA) is 65.4 Å². The molecule has 0 heterocycles. The van der Waals surface area contributed by atoms with Crippen LogP contribution in [0, 0.1) is 11.3 Å². The van der Waals surface area contributed by atoms with Crippen molar-refractivity contribution in [2.75, 3.05) is 26.2 Å². The number of amides is 1. The van der Waals surface area contributed by atoms with Crippen LogP contribution < -0.4 is 10.1 Å². The molecule has 0 saturated carbocycles.